The van der Waals surface area contributed by atoms with Crippen molar-refractivity contribution in [1.29, 1.82) is 0 Å². The third-order valence-electron chi connectivity index (χ3n) is 2.94. The van der Waals surface area contributed by atoms with Gasteiger partial charge < -0.3 is 0 Å². The van der Waals surface area contributed by atoms with Crippen LogP contribution in [0.2, 0.25) is 0 Å². The highest BCUT2D eigenvalue weighted by Crippen LogP contribution is 2.15. The van der Waals surface area contributed by atoms with Crippen molar-refractivity contribution in [3.05, 3.63) is 0 Å². The Morgan fingerprint density at radius 1 is 1.00 bits per heavy atom. The van der Waals surface area contributed by atoms with E-state index in [-0.39, 0.29) is 18.6 Å². The minimum absolute atomic E-state index is 0.0192. The standard InChI is InChI=1S/C12H21NO5S/c1-2-3-4-5-6-7-10-19(16,17)18-13-11(14)8-9-12(13)15/h2-10H2,1H3. The first kappa shape index (κ1) is 16.1. The summed E-state index contributed by atoms with van der Waals surface area (Å²) in [7, 11) is -3.84. The molecule has 0 aromatic carbocycles. The van der Waals surface area contributed by atoms with Gasteiger partial charge >= 0.3 is 0 Å². The molecule has 1 rings (SSSR count). The Morgan fingerprint density at radius 3 is 2.11 bits per heavy atom. The van der Waals surface area contributed by atoms with Crippen LogP contribution in [0.4, 0.5) is 0 Å². The highest BCUT2D eigenvalue weighted by Gasteiger charge is 2.34. The number of amides is 2. The lowest BCUT2D eigenvalue weighted by Gasteiger charge is -2.12. The molecule has 1 aliphatic heterocycles. The monoisotopic (exact) mass is 291 g/mol. The molecule has 0 N–H and O–H groups in total. The van der Waals surface area contributed by atoms with Gasteiger partial charge in [-0.3, -0.25) is 9.59 Å². The van der Waals surface area contributed by atoms with Crippen LogP contribution < -0.4 is 0 Å². The number of carbonyl (C=O) groups is 2. The van der Waals surface area contributed by atoms with Gasteiger partial charge in [0.2, 0.25) is 0 Å². The first-order valence-electron chi connectivity index (χ1n) is 6.74. The van der Waals surface area contributed by atoms with Crippen LogP contribution in [0.5, 0.6) is 0 Å². The number of hydrogen-bond donors (Lipinski definition) is 0. The van der Waals surface area contributed by atoms with Crippen molar-refractivity contribution in [3.63, 3.8) is 0 Å². The lowest BCUT2D eigenvalue weighted by molar-refractivity contribution is -0.163. The predicted octanol–water partition coefficient (Wildman–Crippen LogP) is 1.76. The Hall–Kier alpha value is -0.950. The van der Waals surface area contributed by atoms with Gasteiger partial charge in [0.15, 0.2) is 0 Å². The Kier molecular flexibility index (Phi) is 6.44. The van der Waals surface area contributed by atoms with E-state index >= 15 is 0 Å². The van der Waals surface area contributed by atoms with E-state index < -0.39 is 21.9 Å². The molecule has 0 unspecified atom stereocenters. The normalized spacial score (nSPS) is 16.4. The van der Waals surface area contributed by atoms with E-state index in [9.17, 15) is 18.0 Å². The summed E-state index contributed by atoms with van der Waals surface area (Å²) in [4.78, 5) is 22.5. The van der Waals surface area contributed by atoms with Crippen LogP contribution >= 0.6 is 0 Å². The molecule has 0 radical (unpaired) electrons. The Balaban J connectivity index is 2.28. The van der Waals surface area contributed by atoms with E-state index in [4.69, 9.17) is 0 Å². The van der Waals surface area contributed by atoms with Crippen molar-refractivity contribution in [3.8, 4) is 0 Å². The van der Waals surface area contributed by atoms with Crippen molar-refractivity contribution in [2.45, 2.75) is 58.3 Å². The minimum Gasteiger partial charge on any atom is -0.272 e. The zero-order chi connectivity index (χ0) is 14.3. The van der Waals surface area contributed by atoms with E-state index in [1.165, 1.54) is 0 Å². The molecule has 1 fully saturated rings. The second kappa shape index (κ2) is 7.59. The molecule has 0 aromatic heterocycles. The zero-order valence-corrected chi connectivity index (χ0v) is 12.1. The molecule has 1 saturated heterocycles. The average Bonchev–Trinajstić information content (AvgIpc) is 2.65. The van der Waals surface area contributed by atoms with Crippen LogP contribution in [0.3, 0.4) is 0 Å². The highest BCUT2D eigenvalue weighted by molar-refractivity contribution is 7.86. The summed E-state index contributed by atoms with van der Waals surface area (Å²) in [5.74, 6) is -1.33. The molecule has 2 amide bonds. The number of imide groups is 1. The molecule has 0 aromatic rings. The number of unbranched alkanes of at least 4 members (excludes halogenated alkanes) is 5. The van der Waals surface area contributed by atoms with Gasteiger partial charge in [-0.25, -0.2) is 0 Å². The number of nitrogens with zero attached hydrogens (tertiary/aromatic N) is 1. The fraction of sp³-hybridized carbons (Fsp3) is 0.833. The van der Waals surface area contributed by atoms with Gasteiger partial charge in [0.25, 0.3) is 21.9 Å². The number of rotatable bonds is 9. The lowest BCUT2D eigenvalue weighted by Crippen LogP contribution is -2.33. The van der Waals surface area contributed by atoms with Crippen LogP contribution in [0.25, 0.3) is 0 Å². The lowest BCUT2D eigenvalue weighted by atomic mass is 10.1. The van der Waals surface area contributed by atoms with Crippen LogP contribution in [-0.2, 0) is 24.0 Å². The molecule has 0 saturated carbocycles. The molecule has 0 spiro atoms. The summed E-state index contributed by atoms with van der Waals surface area (Å²) in [5.41, 5.74) is 0. The summed E-state index contributed by atoms with van der Waals surface area (Å²) in [5, 5.41) is 0.381. The highest BCUT2D eigenvalue weighted by atomic mass is 32.2. The van der Waals surface area contributed by atoms with Crippen molar-refractivity contribution in [1.82, 2.24) is 5.06 Å². The van der Waals surface area contributed by atoms with E-state index in [1.807, 2.05) is 0 Å². The summed E-state index contributed by atoms with van der Waals surface area (Å²) in [6.45, 7) is 2.11. The average molecular weight is 291 g/mol. The molecule has 110 valence electrons. The molecule has 1 aliphatic rings. The van der Waals surface area contributed by atoms with Gasteiger partial charge in [-0.2, -0.15) is 8.42 Å². The fourth-order valence-corrected chi connectivity index (χ4v) is 2.87. The van der Waals surface area contributed by atoms with Gasteiger partial charge in [0.05, 0.1) is 5.75 Å². The second-order valence-electron chi connectivity index (χ2n) is 4.69. The first-order chi connectivity index (χ1) is 8.96. The van der Waals surface area contributed by atoms with Crippen molar-refractivity contribution in [2.24, 2.45) is 0 Å². The SMILES string of the molecule is CCCCCCCCS(=O)(=O)ON1C(=O)CCC1=O. The minimum atomic E-state index is -3.84. The van der Waals surface area contributed by atoms with E-state index in [0.717, 1.165) is 32.1 Å². The van der Waals surface area contributed by atoms with Crippen LogP contribution in [-0.4, -0.2) is 31.0 Å². The molecule has 6 nitrogen and oxygen atoms in total. The Morgan fingerprint density at radius 2 is 1.53 bits per heavy atom. The predicted molar refractivity (Wildman–Crippen MR) is 69.3 cm³/mol. The maximum Gasteiger partial charge on any atom is 0.288 e. The topological polar surface area (TPSA) is 80.8 Å². The van der Waals surface area contributed by atoms with E-state index in [0.29, 0.717) is 11.5 Å². The third kappa shape index (κ3) is 5.69. The third-order valence-corrected chi connectivity index (χ3v) is 4.11. The summed E-state index contributed by atoms with van der Waals surface area (Å²) >= 11 is 0. The van der Waals surface area contributed by atoms with Gasteiger partial charge in [-0.05, 0) is 6.42 Å². The van der Waals surface area contributed by atoms with Gasteiger partial charge in [-0.1, -0.05) is 39.0 Å². The summed E-state index contributed by atoms with van der Waals surface area (Å²) in [6, 6.07) is 0. The molecule has 0 bridgehead atoms. The second-order valence-corrected chi connectivity index (χ2v) is 6.36. The van der Waals surface area contributed by atoms with Crippen LogP contribution in [0.1, 0.15) is 58.3 Å². The quantitative estimate of drug-likeness (QED) is 0.477. The van der Waals surface area contributed by atoms with Gasteiger partial charge in [0, 0.05) is 12.8 Å². The fourth-order valence-electron chi connectivity index (χ4n) is 1.85. The van der Waals surface area contributed by atoms with Crippen molar-refractivity contribution >= 4 is 21.9 Å². The number of hydrogen-bond acceptors (Lipinski definition) is 5. The number of hydroxylamine groups is 2. The molecule has 1 heterocycles. The van der Waals surface area contributed by atoms with Crippen molar-refractivity contribution in [2.75, 3.05) is 5.75 Å². The molecule has 7 heteroatoms. The maximum absolute atomic E-state index is 11.6. The molecular weight excluding hydrogens is 270 g/mol. The largest absolute Gasteiger partial charge is 0.288 e. The molecule has 19 heavy (non-hydrogen) atoms. The summed E-state index contributed by atoms with van der Waals surface area (Å²) < 4.78 is 27.8. The smallest absolute Gasteiger partial charge is 0.272 e. The summed E-state index contributed by atoms with van der Waals surface area (Å²) in [6.07, 6.45) is 5.72. The van der Waals surface area contributed by atoms with E-state index in [2.05, 4.69) is 11.2 Å². The molecular formula is C12H21NO5S. The molecule has 0 atom stereocenters. The van der Waals surface area contributed by atoms with Gasteiger partial charge in [0.1, 0.15) is 0 Å². The Bertz CT molecular complexity index is 402. The van der Waals surface area contributed by atoms with Crippen molar-refractivity contribution < 1.29 is 22.3 Å². The van der Waals surface area contributed by atoms with Crippen LogP contribution in [0.15, 0.2) is 0 Å². The zero-order valence-electron chi connectivity index (χ0n) is 11.3. The molecule has 0 aliphatic carbocycles. The van der Waals surface area contributed by atoms with Gasteiger partial charge in [-0.15, -0.1) is 9.35 Å². The Labute approximate surface area is 114 Å². The maximum atomic E-state index is 11.6. The first-order valence-corrected chi connectivity index (χ1v) is 8.32. The van der Waals surface area contributed by atoms with Crippen LogP contribution in [0, 0.1) is 0 Å². The number of carbonyl (C=O) groups excluding carboxylic acids is 2. The van der Waals surface area contributed by atoms with E-state index in [1.54, 1.807) is 0 Å².